The lowest BCUT2D eigenvalue weighted by Gasteiger charge is -2.35. The number of fused-ring (bicyclic) bond motifs is 6. The molecule has 0 saturated carbocycles. The number of epoxide rings is 2. The predicted molar refractivity (Wildman–Crippen MR) is 388 cm³/mol. The average molecular weight is 1260 g/mol. The fraction of sp³-hybridized carbons (Fsp3) is 0.357. The van der Waals surface area contributed by atoms with Crippen molar-refractivity contribution in [1.82, 2.24) is 0 Å². The van der Waals surface area contributed by atoms with Crippen LogP contribution < -0.4 is 19.8 Å². The lowest BCUT2D eigenvalue weighted by atomic mass is 9.67. The van der Waals surface area contributed by atoms with Gasteiger partial charge < -0.3 is 29.2 Å². The quantitative estimate of drug-likeness (QED) is 0.0463. The minimum atomic E-state index is -1.10. The van der Waals surface area contributed by atoms with E-state index in [1.165, 1.54) is 66.8 Å². The highest BCUT2D eigenvalue weighted by atomic mass is 28.3. The number of benzene rings is 9. The Balaban J connectivity index is 0.000000158. The molecule has 4 aliphatic rings. The van der Waals surface area contributed by atoms with Gasteiger partial charge >= 0.3 is 0 Å². The highest BCUT2D eigenvalue weighted by molar-refractivity contribution is 6.90. The number of rotatable bonds is 24. The van der Waals surface area contributed by atoms with Crippen LogP contribution in [0.3, 0.4) is 0 Å². The minimum absolute atomic E-state index is 0.229. The van der Waals surface area contributed by atoms with Gasteiger partial charge in [-0.1, -0.05) is 273 Å². The van der Waals surface area contributed by atoms with Gasteiger partial charge in [0.2, 0.25) is 0 Å². The summed E-state index contributed by atoms with van der Waals surface area (Å²) in [6, 6.07) is 70.9. The van der Waals surface area contributed by atoms with E-state index in [-0.39, 0.29) is 12.2 Å². The van der Waals surface area contributed by atoms with E-state index in [1.807, 2.05) is 12.1 Å². The van der Waals surface area contributed by atoms with E-state index < -0.39 is 27.0 Å². The first kappa shape index (κ1) is 66.0. The van der Waals surface area contributed by atoms with E-state index in [2.05, 4.69) is 249 Å². The van der Waals surface area contributed by atoms with Crippen molar-refractivity contribution in [3.05, 3.63) is 261 Å². The van der Waals surface area contributed by atoms with E-state index in [1.54, 1.807) is 10.4 Å². The topological polar surface area (TPSA) is 84.0 Å². The van der Waals surface area contributed by atoms with Gasteiger partial charge in [-0.2, -0.15) is 0 Å². The van der Waals surface area contributed by atoms with Crippen LogP contribution in [0, 0.1) is 0 Å². The molecule has 2 atom stereocenters. The number of phenols is 2. The van der Waals surface area contributed by atoms with Gasteiger partial charge in [0.05, 0.1) is 40.2 Å². The standard InChI is InChI=1S/C39H42O4.C33H34O2.C12H22Si2/c1-3-5-11-27-21-29(17-19-37(27)42-25-31-23-40-31)39(35-15-9-7-13-33(35)34-14-8-10-16-36(34)39)30-18-20-38(43-26-32-24-41-32)28(22-30)12-6-4-2;1-3-5-11-23-21-25(17-19-31(23)34)33(26-18-20-32(35)24(22-26)12-6-4-2)29-15-9-7-13-27(29)28-14-8-10-16-30(28)33;1-13(2,3)11-7-9-12(10-8-11)14(4,5)6/h7-10,13-22,31-32H,3-6,11-12,23-26H2,1-2H3;7-10,13-22,34-35H,3-6,11-12H2,1-2H3;7-10H,1-6H3. The maximum Gasteiger partial charge on any atom is 0.122 e. The third-order valence-corrected chi connectivity index (χ3v) is 23.5. The molecule has 92 heavy (non-hydrogen) atoms. The Morgan fingerprint density at radius 3 is 0.924 bits per heavy atom. The molecule has 2 fully saturated rings. The summed E-state index contributed by atoms with van der Waals surface area (Å²) in [5.41, 5.74) is 18.7. The van der Waals surface area contributed by atoms with Crippen molar-refractivity contribution >= 4 is 26.5 Å². The van der Waals surface area contributed by atoms with Gasteiger partial charge in [-0.3, -0.25) is 0 Å². The highest BCUT2D eigenvalue weighted by Gasteiger charge is 2.48. The van der Waals surface area contributed by atoms with Gasteiger partial charge in [-0.25, -0.2) is 0 Å². The van der Waals surface area contributed by atoms with Crippen molar-refractivity contribution in [2.45, 2.75) is 167 Å². The summed E-state index contributed by atoms with van der Waals surface area (Å²) >= 11 is 0. The van der Waals surface area contributed by atoms with Crippen molar-refractivity contribution in [3.63, 3.8) is 0 Å². The van der Waals surface area contributed by atoms with Crippen molar-refractivity contribution in [2.24, 2.45) is 0 Å². The van der Waals surface area contributed by atoms with Gasteiger partial charge in [0.1, 0.15) is 48.4 Å². The second-order valence-electron chi connectivity index (χ2n) is 28.0. The molecule has 2 aliphatic heterocycles. The normalized spacial score (nSPS) is 16.0. The fourth-order valence-electron chi connectivity index (χ4n) is 14.0. The van der Waals surface area contributed by atoms with Gasteiger partial charge in [0.25, 0.3) is 0 Å². The highest BCUT2D eigenvalue weighted by Crippen LogP contribution is 2.59. The maximum atomic E-state index is 10.7. The van der Waals surface area contributed by atoms with E-state index in [0.717, 1.165) is 124 Å². The van der Waals surface area contributed by atoms with Crippen LogP contribution in [0.4, 0.5) is 0 Å². The van der Waals surface area contributed by atoms with Crippen molar-refractivity contribution in [3.8, 4) is 45.3 Å². The van der Waals surface area contributed by atoms with Gasteiger partial charge in [-0.05, 0) is 165 Å². The van der Waals surface area contributed by atoms with Crippen molar-refractivity contribution < 1.29 is 29.2 Å². The summed E-state index contributed by atoms with van der Waals surface area (Å²) in [7, 11) is -2.20. The molecule has 2 heterocycles. The molecule has 0 radical (unpaired) electrons. The molecule has 0 bridgehead atoms. The molecule has 6 nitrogen and oxygen atoms in total. The van der Waals surface area contributed by atoms with Crippen LogP contribution in [0.5, 0.6) is 23.0 Å². The third kappa shape index (κ3) is 13.9. The second kappa shape index (κ2) is 28.8. The molecular formula is C84H98O6Si2. The first-order valence-corrected chi connectivity index (χ1v) is 41.4. The summed E-state index contributed by atoms with van der Waals surface area (Å²) in [5.74, 6) is 2.70. The third-order valence-electron chi connectivity index (χ3n) is 19.4. The van der Waals surface area contributed by atoms with Crippen LogP contribution in [0.15, 0.2) is 194 Å². The zero-order valence-electron chi connectivity index (χ0n) is 56.5. The number of aryl methyl sites for hydroxylation is 4. The summed E-state index contributed by atoms with van der Waals surface area (Å²) in [4.78, 5) is 0. The summed E-state index contributed by atoms with van der Waals surface area (Å²) in [6.07, 6.45) is 12.9. The average Bonchev–Trinajstić information content (AvgIpc) is 1.52. The Bertz CT molecular complexity index is 3720. The van der Waals surface area contributed by atoms with Crippen LogP contribution in [0.2, 0.25) is 39.3 Å². The Labute approximate surface area is 552 Å². The molecule has 9 aromatic rings. The molecule has 9 aromatic carbocycles. The molecule has 2 unspecified atom stereocenters. The molecule has 0 amide bonds. The monoisotopic (exact) mass is 1260 g/mol. The number of hydrogen-bond acceptors (Lipinski definition) is 6. The molecular weight excluding hydrogens is 1160 g/mol. The Hall–Kier alpha value is -7.47. The SMILES string of the molecule is CCCCc1cc(C2(c3ccc(O)c(CCCC)c3)c3ccccc3-c3ccccc32)ccc1O.CCCCc1cc(C2(c3ccc(OCC4CO4)c(CCCC)c3)c3ccccc3-c3ccccc32)ccc1OCC1CO1.C[Si](C)(C)c1ccc([Si](C)(C)C)cc1. The van der Waals surface area contributed by atoms with Crippen LogP contribution in [-0.2, 0) is 46.0 Å². The number of ether oxygens (including phenoxy) is 4. The van der Waals surface area contributed by atoms with Gasteiger partial charge in [-0.15, -0.1) is 0 Å². The first-order valence-electron chi connectivity index (χ1n) is 34.4. The number of aromatic hydroxyl groups is 2. The molecule has 8 heteroatoms. The molecule has 2 aliphatic carbocycles. The number of unbranched alkanes of at least 4 members (excludes halogenated alkanes) is 4. The zero-order valence-corrected chi connectivity index (χ0v) is 58.5. The van der Waals surface area contributed by atoms with Crippen LogP contribution >= 0.6 is 0 Å². The molecule has 13 rings (SSSR count). The molecule has 478 valence electrons. The first-order chi connectivity index (χ1) is 44.5. The fourth-order valence-corrected chi connectivity index (χ4v) is 16.3. The summed E-state index contributed by atoms with van der Waals surface area (Å²) in [6.45, 7) is 26.1. The predicted octanol–water partition coefficient (Wildman–Crippen LogP) is 19.2. The van der Waals surface area contributed by atoms with E-state index in [4.69, 9.17) is 18.9 Å². The number of hydrogen-bond donors (Lipinski definition) is 2. The largest absolute Gasteiger partial charge is 0.508 e. The summed E-state index contributed by atoms with van der Waals surface area (Å²) < 4.78 is 23.6. The lowest BCUT2D eigenvalue weighted by Crippen LogP contribution is -2.42. The van der Waals surface area contributed by atoms with E-state index in [0.29, 0.717) is 24.7 Å². The van der Waals surface area contributed by atoms with Crippen molar-refractivity contribution in [2.75, 3.05) is 26.4 Å². The Morgan fingerprint density at radius 1 is 0.370 bits per heavy atom. The smallest absolute Gasteiger partial charge is 0.122 e. The minimum Gasteiger partial charge on any atom is -0.508 e. The second-order valence-corrected chi connectivity index (χ2v) is 38.2. The lowest BCUT2D eigenvalue weighted by molar-refractivity contribution is 0.260. The molecule has 0 spiro atoms. The molecule has 2 saturated heterocycles. The Kier molecular flexibility index (Phi) is 20.7. The van der Waals surface area contributed by atoms with Crippen LogP contribution in [0.25, 0.3) is 22.3 Å². The number of phenolic OH excluding ortho intramolecular Hbond substituents is 2. The summed E-state index contributed by atoms with van der Waals surface area (Å²) in [5, 5.41) is 24.5. The van der Waals surface area contributed by atoms with Crippen LogP contribution in [-0.4, -0.2) is 65.0 Å². The van der Waals surface area contributed by atoms with Gasteiger partial charge in [0, 0.05) is 0 Å². The van der Waals surface area contributed by atoms with Crippen LogP contribution in [0.1, 0.15) is 146 Å². The Morgan fingerprint density at radius 2 is 0.641 bits per heavy atom. The van der Waals surface area contributed by atoms with Crippen molar-refractivity contribution in [1.29, 1.82) is 0 Å². The van der Waals surface area contributed by atoms with E-state index in [9.17, 15) is 10.2 Å². The molecule has 2 N–H and O–H groups in total. The maximum absolute atomic E-state index is 10.7. The van der Waals surface area contributed by atoms with E-state index >= 15 is 0 Å². The van der Waals surface area contributed by atoms with Gasteiger partial charge in [0.15, 0.2) is 0 Å². The molecule has 0 aromatic heterocycles. The zero-order chi connectivity index (χ0) is 64.6.